The summed E-state index contributed by atoms with van der Waals surface area (Å²) in [5.74, 6) is -0.297. The van der Waals surface area contributed by atoms with Gasteiger partial charge in [-0.2, -0.15) is 0 Å². The number of nitrogens with one attached hydrogen (secondary N) is 3. The number of urea groups is 1. The number of H-pyrrole nitrogens is 1. The maximum Gasteiger partial charge on any atom is 0.323 e. The van der Waals surface area contributed by atoms with Crippen molar-refractivity contribution in [3.63, 3.8) is 0 Å². The third-order valence-corrected chi connectivity index (χ3v) is 4.21. The zero-order chi connectivity index (χ0) is 18.1. The van der Waals surface area contributed by atoms with Crippen molar-refractivity contribution in [1.29, 1.82) is 0 Å². The molecule has 5 nitrogen and oxygen atoms in total. The lowest BCUT2D eigenvalue weighted by atomic mass is 10.1. The standard InChI is InChI=1S/C20H16FN3O2/c21-13-3-7-16-17-8-6-15(10-19(17)24-18(16)9-13)23-20(26)22-14-4-1-12(11-25)2-5-14/h1-10,24-25H,11H2,(H2,22,23,26). The number of hydrogen-bond acceptors (Lipinski definition) is 2. The van der Waals surface area contributed by atoms with Gasteiger partial charge in [0.05, 0.1) is 6.61 Å². The first kappa shape index (κ1) is 16.1. The molecule has 0 saturated heterocycles. The average molecular weight is 349 g/mol. The molecule has 1 aromatic heterocycles. The van der Waals surface area contributed by atoms with E-state index in [1.807, 2.05) is 12.1 Å². The highest BCUT2D eigenvalue weighted by Crippen LogP contribution is 2.28. The van der Waals surface area contributed by atoms with Crippen LogP contribution in [0.15, 0.2) is 60.7 Å². The molecule has 6 heteroatoms. The minimum absolute atomic E-state index is 0.0408. The molecule has 0 radical (unpaired) electrons. The van der Waals surface area contributed by atoms with Crippen LogP contribution in [0, 0.1) is 5.82 Å². The first-order chi connectivity index (χ1) is 12.6. The first-order valence-electron chi connectivity index (χ1n) is 8.11. The number of halogens is 1. The van der Waals surface area contributed by atoms with Gasteiger partial charge in [0.15, 0.2) is 0 Å². The highest BCUT2D eigenvalue weighted by Gasteiger charge is 2.08. The van der Waals surface area contributed by atoms with Gasteiger partial charge < -0.3 is 20.7 Å². The quantitative estimate of drug-likeness (QED) is 0.436. The molecule has 4 N–H and O–H groups in total. The Morgan fingerprint density at radius 1 is 0.885 bits per heavy atom. The molecule has 0 bridgehead atoms. The first-order valence-corrected chi connectivity index (χ1v) is 8.11. The number of benzene rings is 3. The van der Waals surface area contributed by atoms with E-state index in [-0.39, 0.29) is 18.5 Å². The van der Waals surface area contributed by atoms with Crippen molar-refractivity contribution in [3.05, 3.63) is 72.0 Å². The number of carbonyl (C=O) groups excluding carboxylic acids is 1. The Morgan fingerprint density at radius 2 is 1.50 bits per heavy atom. The van der Waals surface area contributed by atoms with Crippen molar-refractivity contribution in [2.75, 3.05) is 10.6 Å². The maximum absolute atomic E-state index is 13.4. The SMILES string of the molecule is O=C(Nc1ccc(CO)cc1)Nc1ccc2c(c1)[nH]c1cc(F)ccc12. The van der Waals surface area contributed by atoms with E-state index in [9.17, 15) is 9.18 Å². The van der Waals surface area contributed by atoms with E-state index >= 15 is 0 Å². The van der Waals surface area contributed by atoms with Crippen LogP contribution < -0.4 is 10.6 Å². The lowest BCUT2D eigenvalue weighted by Gasteiger charge is -2.08. The van der Waals surface area contributed by atoms with Crippen molar-refractivity contribution >= 4 is 39.2 Å². The summed E-state index contributed by atoms with van der Waals surface area (Å²) >= 11 is 0. The average Bonchev–Trinajstić information content (AvgIpc) is 2.98. The van der Waals surface area contributed by atoms with E-state index in [1.54, 1.807) is 36.4 Å². The van der Waals surface area contributed by atoms with E-state index in [0.29, 0.717) is 16.9 Å². The zero-order valence-electron chi connectivity index (χ0n) is 13.7. The Balaban J connectivity index is 1.54. The Bertz CT molecular complexity index is 1100. The summed E-state index contributed by atoms with van der Waals surface area (Å²) in [6, 6.07) is 16.7. The molecule has 4 rings (SSSR count). The minimum Gasteiger partial charge on any atom is -0.392 e. The van der Waals surface area contributed by atoms with Crippen LogP contribution in [-0.4, -0.2) is 16.1 Å². The molecule has 4 aromatic rings. The van der Waals surface area contributed by atoms with Gasteiger partial charge in [-0.3, -0.25) is 0 Å². The number of aromatic amines is 1. The molecule has 26 heavy (non-hydrogen) atoms. The Hall–Kier alpha value is -3.38. The van der Waals surface area contributed by atoms with Crippen LogP contribution in [0.25, 0.3) is 21.8 Å². The number of aliphatic hydroxyl groups excluding tert-OH is 1. The van der Waals surface area contributed by atoms with Crippen LogP contribution >= 0.6 is 0 Å². The van der Waals surface area contributed by atoms with E-state index in [4.69, 9.17) is 5.11 Å². The fourth-order valence-electron chi connectivity index (χ4n) is 2.95. The Morgan fingerprint density at radius 3 is 2.23 bits per heavy atom. The van der Waals surface area contributed by atoms with Gasteiger partial charge >= 0.3 is 6.03 Å². The van der Waals surface area contributed by atoms with Crippen molar-refractivity contribution in [1.82, 2.24) is 4.98 Å². The van der Waals surface area contributed by atoms with Crippen LogP contribution in [0.1, 0.15) is 5.56 Å². The zero-order valence-corrected chi connectivity index (χ0v) is 13.7. The second-order valence-electron chi connectivity index (χ2n) is 6.01. The molecular weight excluding hydrogens is 333 g/mol. The topological polar surface area (TPSA) is 77.2 Å². The molecule has 0 fully saturated rings. The van der Waals surface area contributed by atoms with Crippen LogP contribution in [0.5, 0.6) is 0 Å². The highest BCUT2D eigenvalue weighted by molar-refractivity contribution is 6.09. The van der Waals surface area contributed by atoms with Gasteiger partial charge in [0, 0.05) is 33.2 Å². The predicted octanol–water partition coefficient (Wildman–Crippen LogP) is 4.60. The summed E-state index contributed by atoms with van der Waals surface area (Å²) in [6.07, 6.45) is 0. The maximum atomic E-state index is 13.4. The van der Waals surface area contributed by atoms with Crippen LogP contribution in [0.2, 0.25) is 0 Å². The summed E-state index contributed by atoms with van der Waals surface area (Å²) < 4.78 is 13.4. The molecule has 0 aliphatic carbocycles. The molecule has 0 aliphatic rings. The van der Waals surface area contributed by atoms with E-state index in [1.165, 1.54) is 12.1 Å². The van der Waals surface area contributed by atoms with Crippen molar-refractivity contribution in [3.8, 4) is 0 Å². The number of rotatable bonds is 3. The molecule has 3 aromatic carbocycles. The Kier molecular flexibility index (Phi) is 4.02. The lowest BCUT2D eigenvalue weighted by Crippen LogP contribution is -2.19. The number of carbonyl (C=O) groups is 1. The van der Waals surface area contributed by atoms with Crippen molar-refractivity contribution < 1.29 is 14.3 Å². The summed E-state index contributed by atoms with van der Waals surface area (Å²) in [5.41, 5.74) is 3.55. The molecule has 1 heterocycles. The summed E-state index contributed by atoms with van der Waals surface area (Å²) in [4.78, 5) is 15.3. The minimum atomic E-state index is -0.372. The number of aliphatic hydroxyl groups is 1. The molecular formula is C20H16FN3O2. The number of fused-ring (bicyclic) bond motifs is 3. The van der Waals surface area contributed by atoms with Gasteiger partial charge in [-0.1, -0.05) is 18.2 Å². The number of aromatic nitrogens is 1. The monoisotopic (exact) mass is 349 g/mol. The molecule has 0 unspecified atom stereocenters. The fraction of sp³-hybridized carbons (Fsp3) is 0.0500. The summed E-state index contributed by atoms with van der Waals surface area (Å²) in [7, 11) is 0. The van der Waals surface area contributed by atoms with Crippen molar-refractivity contribution in [2.24, 2.45) is 0 Å². The summed E-state index contributed by atoms with van der Waals surface area (Å²) in [5, 5.41) is 16.4. The van der Waals surface area contributed by atoms with Gasteiger partial charge in [0.2, 0.25) is 0 Å². The van der Waals surface area contributed by atoms with Gasteiger partial charge in [-0.25, -0.2) is 9.18 Å². The Labute approximate surface area is 148 Å². The van der Waals surface area contributed by atoms with Crippen LogP contribution in [0.3, 0.4) is 0 Å². The molecule has 0 saturated carbocycles. The third kappa shape index (κ3) is 3.10. The van der Waals surface area contributed by atoms with E-state index < -0.39 is 0 Å². The van der Waals surface area contributed by atoms with E-state index in [0.717, 1.165) is 21.9 Å². The van der Waals surface area contributed by atoms with Crippen LogP contribution in [0.4, 0.5) is 20.6 Å². The number of hydrogen-bond donors (Lipinski definition) is 4. The summed E-state index contributed by atoms with van der Waals surface area (Å²) in [6.45, 7) is -0.0408. The second-order valence-corrected chi connectivity index (χ2v) is 6.01. The lowest BCUT2D eigenvalue weighted by molar-refractivity contribution is 0.262. The van der Waals surface area contributed by atoms with Gasteiger partial charge in [0.1, 0.15) is 5.82 Å². The molecule has 0 atom stereocenters. The second kappa shape index (κ2) is 6.50. The van der Waals surface area contributed by atoms with Gasteiger partial charge in [-0.05, 0) is 48.0 Å². The van der Waals surface area contributed by atoms with Gasteiger partial charge in [-0.15, -0.1) is 0 Å². The number of anilines is 2. The molecule has 0 spiro atoms. The molecule has 2 amide bonds. The normalized spacial score (nSPS) is 11.0. The molecule has 0 aliphatic heterocycles. The molecule has 130 valence electrons. The van der Waals surface area contributed by atoms with E-state index in [2.05, 4.69) is 15.6 Å². The smallest absolute Gasteiger partial charge is 0.323 e. The highest BCUT2D eigenvalue weighted by atomic mass is 19.1. The van der Waals surface area contributed by atoms with Crippen molar-refractivity contribution in [2.45, 2.75) is 6.61 Å². The fourth-order valence-corrected chi connectivity index (χ4v) is 2.95. The van der Waals surface area contributed by atoms with Crippen LogP contribution in [-0.2, 0) is 6.61 Å². The van der Waals surface area contributed by atoms with Gasteiger partial charge in [0.25, 0.3) is 0 Å². The largest absolute Gasteiger partial charge is 0.392 e. The number of amides is 2. The third-order valence-electron chi connectivity index (χ3n) is 4.21. The predicted molar refractivity (Wildman–Crippen MR) is 101 cm³/mol.